The van der Waals surface area contributed by atoms with Gasteiger partial charge < -0.3 is 20.5 Å². The van der Waals surface area contributed by atoms with E-state index < -0.39 is 22.7 Å². The first-order valence-corrected chi connectivity index (χ1v) is 13.4. The molecule has 3 N–H and O–H groups in total. The number of nitrogens with zero attached hydrogens (tertiary/aromatic N) is 5. The molecule has 1 aromatic heterocycles. The fraction of sp³-hybridized carbons (Fsp3) is 0.321. The number of hydrazine groups is 2. The molecule has 9 nitrogen and oxygen atoms in total. The quantitative estimate of drug-likeness (QED) is 0.382. The van der Waals surface area contributed by atoms with E-state index in [9.17, 15) is 18.0 Å². The van der Waals surface area contributed by atoms with E-state index in [2.05, 4.69) is 37.7 Å². The standard InChI is InChI=1S/C28H32ClF3N8O/c1-5-21(13-24(18(3)4)40-16-23(36-37-40)20-14-33-17-34-15-20)35-27(41)19-11-22(28(30,31)32)26(29)25(12-19)39-9-7-38(6-2)8-10-39/h5,11-17,36-37H,3,6-10H2,1-2,4H3,(H,35,41)/b21-5+,24-13+. The third-order valence-electron chi connectivity index (χ3n) is 6.78. The number of amides is 1. The van der Waals surface area contributed by atoms with E-state index in [0.717, 1.165) is 18.2 Å². The average Bonchev–Trinajstić information content (AvgIpc) is 3.45. The van der Waals surface area contributed by atoms with Crippen LogP contribution in [0.2, 0.25) is 5.02 Å². The summed E-state index contributed by atoms with van der Waals surface area (Å²) >= 11 is 6.27. The van der Waals surface area contributed by atoms with Crippen molar-refractivity contribution >= 4 is 28.9 Å². The van der Waals surface area contributed by atoms with Crippen molar-refractivity contribution < 1.29 is 18.0 Å². The van der Waals surface area contributed by atoms with Crippen LogP contribution < -0.4 is 21.2 Å². The number of carbonyl (C=O) groups is 1. The second kappa shape index (κ2) is 12.8. The number of piperazine rings is 1. The maximum atomic E-state index is 14.0. The number of nitrogens with one attached hydrogen (secondary N) is 3. The lowest BCUT2D eigenvalue weighted by Gasteiger charge is -2.36. The summed E-state index contributed by atoms with van der Waals surface area (Å²) in [7, 11) is 0. The lowest BCUT2D eigenvalue weighted by atomic mass is 10.1. The summed E-state index contributed by atoms with van der Waals surface area (Å²) in [6.45, 7) is 12.8. The van der Waals surface area contributed by atoms with E-state index in [4.69, 9.17) is 11.6 Å². The minimum absolute atomic E-state index is 0.147. The predicted octanol–water partition coefficient (Wildman–Crippen LogP) is 4.71. The van der Waals surface area contributed by atoms with Gasteiger partial charge >= 0.3 is 6.18 Å². The molecule has 13 heteroatoms. The highest BCUT2D eigenvalue weighted by molar-refractivity contribution is 6.34. The Morgan fingerprint density at radius 2 is 1.88 bits per heavy atom. The van der Waals surface area contributed by atoms with Gasteiger partial charge in [-0.1, -0.05) is 31.2 Å². The van der Waals surface area contributed by atoms with Crippen LogP contribution in [-0.4, -0.2) is 58.5 Å². The molecule has 218 valence electrons. The van der Waals surface area contributed by atoms with Gasteiger partial charge in [0.1, 0.15) is 6.33 Å². The molecule has 1 aromatic carbocycles. The van der Waals surface area contributed by atoms with Crippen molar-refractivity contribution in [2.45, 2.75) is 26.9 Å². The Bertz CT molecular complexity index is 1380. The summed E-state index contributed by atoms with van der Waals surface area (Å²) in [4.78, 5) is 25.4. The van der Waals surface area contributed by atoms with Crippen LogP contribution in [0, 0.1) is 0 Å². The van der Waals surface area contributed by atoms with Gasteiger partial charge in [-0.05, 0) is 44.2 Å². The van der Waals surface area contributed by atoms with E-state index in [1.165, 1.54) is 12.4 Å². The molecule has 1 fully saturated rings. The zero-order valence-corrected chi connectivity index (χ0v) is 23.8. The van der Waals surface area contributed by atoms with Crippen LogP contribution in [0.4, 0.5) is 18.9 Å². The summed E-state index contributed by atoms with van der Waals surface area (Å²) in [6.07, 6.45) is 5.08. The first kappa shape index (κ1) is 30.1. The highest BCUT2D eigenvalue weighted by Crippen LogP contribution is 2.41. The smallest absolute Gasteiger partial charge is 0.368 e. The molecular weight excluding hydrogens is 557 g/mol. The van der Waals surface area contributed by atoms with Crippen molar-refractivity contribution in [3.63, 3.8) is 0 Å². The predicted molar refractivity (Wildman–Crippen MR) is 153 cm³/mol. The van der Waals surface area contributed by atoms with Gasteiger partial charge in [0, 0.05) is 61.6 Å². The Morgan fingerprint density at radius 3 is 2.46 bits per heavy atom. The van der Waals surface area contributed by atoms with Gasteiger partial charge in [-0.25, -0.2) is 9.97 Å². The van der Waals surface area contributed by atoms with Crippen molar-refractivity contribution in [1.29, 1.82) is 0 Å². The van der Waals surface area contributed by atoms with Gasteiger partial charge in [-0.3, -0.25) is 9.80 Å². The minimum Gasteiger partial charge on any atom is -0.368 e. The van der Waals surface area contributed by atoms with Crippen LogP contribution in [0.25, 0.3) is 5.70 Å². The minimum atomic E-state index is -4.73. The third-order valence-corrected chi connectivity index (χ3v) is 7.18. The molecule has 4 rings (SSSR count). The number of hydrogen-bond donors (Lipinski definition) is 3. The van der Waals surface area contributed by atoms with Gasteiger partial charge in [-0.15, -0.1) is 5.53 Å². The van der Waals surface area contributed by atoms with E-state index in [-0.39, 0.29) is 11.3 Å². The molecule has 0 aliphatic carbocycles. The van der Waals surface area contributed by atoms with E-state index in [1.807, 2.05) is 6.92 Å². The highest BCUT2D eigenvalue weighted by Gasteiger charge is 2.36. The van der Waals surface area contributed by atoms with Crippen molar-refractivity contribution in [2.75, 3.05) is 37.6 Å². The maximum Gasteiger partial charge on any atom is 0.417 e. The van der Waals surface area contributed by atoms with E-state index >= 15 is 0 Å². The van der Waals surface area contributed by atoms with Gasteiger partial charge in [0.05, 0.1) is 27.7 Å². The first-order chi connectivity index (χ1) is 19.5. The SMILES string of the molecule is C=C(C)/C(=C\C(=C/C)NC(=O)c1cc(N2CCN(CC)CC2)c(Cl)c(C(F)(F)F)c1)N1C=C(c2cncnc2)NN1. The van der Waals surface area contributed by atoms with Crippen LogP contribution in [0.5, 0.6) is 0 Å². The summed E-state index contributed by atoms with van der Waals surface area (Å²) in [5.41, 5.74) is 8.10. The van der Waals surface area contributed by atoms with Gasteiger partial charge in [0.2, 0.25) is 0 Å². The Balaban J connectivity index is 1.61. The lowest BCUT2D eigenvalue weighted by molar-refractivity contribution is -0.137. The molecule has 2 aromatic rings. The van der Waals surface area contributed by atoms with Crippen LogP contribution in [0.15, 0.2) is 72.8 Å². The number of carbonyl (C=O) groups excluding carboxylic acids is 1. The number of halogens is 4. The first-order valence-electron chi connectivity index (χ1n) is 13.0. The van der Waals surface area contributed by atoms with Crippen molar-refractivity contribution in [3.05, 3.63) is 94.5 Å². The number of likely N-dealkylation sites (N-methyl/N-ethyl adjacent to an activating group) is 1. The van der Waals surface area contributed by atoms with Crippen LogP contribution in [0.1, 0.15) is 42.3 Å². The number of rotatable bonds is 8. The molecule has 1 saturated heterocycles. The fourth-order valence-corrected chi connectivity index (χ4v) is 4.79. The molecule has 0 radical (unpaired) electrons. The zero-order chi connectivity index (χ0) is 29.7. The van der Waals surface area contributed by atoms with Crippen molar-refractivity contribution in [2.24, 2.45) is 0 Å². The molecule has 0 unspecified atom stereocenters. The second-order valence-electron chi connectivity index (χ2n) is 9.56. The van der Waals surface area contributed by atoms with Gasteiger partial charge in [-0.2, -0.15) is 13.2 Å². The average molecular weight is 589 g/mol. The number of hydrogen-bond acceptors (Lipinski definition) is 8. The topological polar surface area (TPSA) is 88.7 Å². The van der Waals surface area contributed by atoms with Crippen LogP contribution >= 0.6 is 11.6 Å². The summed E-state index contributed by atoms with van der Waals surface area (Å²) in [5, 5.41) is 3.99. The van der Waals surface area contributed by atoms with Crippen molar-refractivity contribution in [1.82, 2.24) is 36.2 Å². The monoisotopic (exact) mass is 588 g/mol. The summed E-state index contributed by atoms with van der Waals surface area (Å²) in [5.74, 6) is -0.698. The number of anilines is 1. The second-order valence-corrected chi connectivity index (χ2v) is 9.94. The number of allylic oxidation sites excluding steroid dienone is 3. The molecule has 2 aliphatic rings. The molecule has 0 saturated carbocycles. The summed E-state index contributed by atoms with van der Waals surface area (Å²) in [6, 6.07) is 2.22. The zero-order valence-electron chi connectivity index (χ0n) is 23.0. The normalized spacial score (nSPS) is 16.9. The number of benzene rings is 1. The van der Waals surface area contributed by atoms with Crippen LogP contribution in [0.3, 0.4) is 0 Å². The number of aromatic nitrogens is 2. The molecule has 0 atom stereocenters. The van der Waals surface area contributed by atoms with E-state index in [1.54, 1.807) is 54.5 Å². The summed E-state index contributed by atoms with van der Waals surface area (Å²) < 4.78 is 41.9. The largest absolute Gasteiger partial charge is 0.417 e. The molecule has 0 spiro atoms. The Hall–Kier alpha value is -3.87. The van der Waals surface area contributed by atoms with Gasteiger partial charge in [0.25, 0.3) is 5.91 Å². The third kappa shape index (κ3) is 7.07. The maximum absolute atomic E-state index is 14.0. The molecular formula is C28H32ClF3N8O. The molecule has 2 aliphatic heterocycles. The highest BCUT2D eigenvalue weighted by atomic mass is 35.5. The van der Waals surface area contributed by atoms with Crippen LogP contribution in [-0.2, 0) is 6.18 Å². The molecule has 3 heterocycles. The Morgan fingerprint density at radius 1 is 1.20 bits per heavy atom. The Kier molecular flexibility index (Phi) is 9.36. The van der Waals surface area contributed by atoms with Crippen molar-refractivity contribution in [3.8, 4) is 0 Å². The molecule has 0 bridgehead atoms. The molecule has 1 amide bonds. The number of alkyl halides is 3. The Labute approximate surface area is 242 Å². The fourth-order valence-electron chi connectivity index (χ4n) is 4.45. The van der Waals surface area contributed by atoms with E-state index in [0.29, 0.717) is 48.8 Å². The van der Waals surface area contributed by atoms with Gasteiger partial charge in [0.15, 0.2) is 0 Å². The lowest BCUT2D eigenvalue weighted by Crippen LogP contribution is -2.46. The molecule has 41 heavy (non-hydrogen) atoms.